The van der Waals surface area contributed by atoms with Crippen LogP contribution < -0.4 is 0 Å². The number of allylic oxidation sites excluding steroid dienone is 2. The Morgan fingerprint density at radius 2 is 2.23 bits per heavy atom. The maximum atomic E-state index is 3.50. The molecule has 13 heavy (non-hydrogen) atoms. The lowest BCUT2D eigenvalue weighted by Gasteiger charge is -2.04. The van der Waals surface area contributed by atoms with Crippen molar-refractivity contribution in [2.24, 2.45) is 0 Å². The van der Waals surface area contributed by atoms with E-state index in [0.717, 1.165) is 6.42 Å². The van der Waals surface area contributed by atoms with Gasteiger partial charge in [0.2, 0.25) is 0 Å². The average molecular weight is 237 g/mol. The molecule has 1 aliphatic rings. The molecule has 0 radical (unpaired) electrons. The highest BCUT2D eigenvalue weighted by atomic mass is 79.9. The number of halogens is 1. The number of benzene rings is 1. The molecule has 0 aliphatic heterocycles. The lowest BCUT2D eigenvalue weighted by atomic mass is 10.0. The van der Waals surface area contributed by atoms with Gasteiger partial charge >= 0.3 is 0 Å². The maximum absolute atomic E-state index is 3.50. The SMILES string of the molecule is CCCC1=CCc2cc(Br)ccc21. The van der Waals surface area contributed by atoms with E-state index in [2.05, 4.69) is 47.1 Å². The third-order valence-corrected chi connectivity index (χ3v) is 2.99. The Bertz CT molecular complexity index is 350. The molecule has 0 unspecified atom stereocenters. The Labute approximate surface area is 87.8 Å². The van der Waals surface area contributed by atoms with Crippen LogP contribution in [0.25, 0.3) is 5.57 Å². The normalized spacial score (nSPS) is 14.2. The molecule has 0 saturated carbocycles. The van der Waals surface area contributed by atoms with E-state index in [-0.39, 0.29) is 0 Å². The molecular weight excluding hydrogens is 224 g/mol. The van der Waals surface area contributed by atoms with E-state index in [9.17, 15) is 0 Å². The fourth-order valence-electron chi connectivity index (χ4n) is 1.89. The van der Waals surface area contributed by atoms with E-state index in [1.165, 1.54) is 34.0 Å². The molecule has 1 aromatic carbocycles. The molecule has 0 atom stereocenters. The molecule has 0 nitrogen and oxygen atoms in total. The fraction of sp³-hybridized carbons (Fsp3) is 0.333. The van der Waals surface area contributed by atoms with Crippen molar-refractivity contribution in [1.29, 1.82) is 0 Å². The Hall–Kier alpha value is -0.560. The molecule has 0 heterocycles. The molecule has 1 heteroatoms. The summed E-state index contributed by atoms with van der Waals surface area (Å²) >= 11 is 3.50. The van der Waals surface area contributed by atoms with Crippen LogP contribution in [0.3, 0.4) is 0 Å². The van der Waals surface area contributed by atoms with Gasteiger partial charge in [0.1, 0.15) is 0 Å². The Kier molecular flexibility index (Phi) is 2.54. The zero-order valence-corrected chi connectivity index (χ0v) is 9.39. The smallest absolute Gasteiger partial charge is 0.0178 e. The van der Waals surface area contributed by atoms with Crippen molar-refractivity contribution >= 4 is 21.5 Å². The number of hydrogen-bond acceptors (Lipinski definition) is 0. The van der Waals surface area contributed by atoms with Crippen LogP contribution in [0.4, 0.5) is 0 Å². The van der Waals surface area contributed by atoms with Gasteiger partial charge in [0.05, 0.1) is 0 Å². The van der Waals surface area contributed by atoms with Crippen LogP contribution in [0.5, 0.6) is 0 Å². The third kappa shape index (κ3) is 1.71. The van der Waals surface area contributed by atoms with Crippen molar-refractivity contribution in [2.75, 3.05) is 0 Å². The van der Waals surface area contributed by atoms with Crippen LogP contribution in [0.1, 0.15) is 30.9 Å². The molecule has 0 spiro atoms. The quantitative estimate of drug-likeness (QED) is 0.723. The van der Waals surface area contributed by atoms with Crippen LogP contribution in [-0.2, 0) is 6.42 Å². The van der Waals surface area contributed by atoms with Gasteiger partial charge < -0.3 is 0 Å². The zero-order valence-electron chi connectivity index (χ0n) is 7.81. The molecule has 0 fully saturated rings. The van der Waals surface area contributed by atoms with Gasteiger partial charge in [-0.15, -0.1) is 0 Å². The molecule has 0 bridgehead atoms. The van der Waals surface area contributed by atoms with Gasteiger partial charge in [-0.1, -0.05) is 41.4 Å². The predicted molar refractivity (Wildman–Crippen MR) is 60.7 cm³/mol. The highest BCUT2D eigenvalue weighted by Gasteiger charge is 2.12. The van der Waals surface area contributed by atoms with E-state index < -0.39 is 0 Å². The van der Waals surface area contributed by atoms with E-state index in [1.807, 2.05) is 0 Å². The maximum Gasteiger partial charge on any atom is 0.0178 e. The summed E-state index contributed by atoms with van der Waals surface area (Å²) in [4.78, 5) is 0. The van der Waals surface area contributed by atoms with Crippen molar-refractivity contribution in [1.82, 2.24) is 0 Å². The highest BCUT2D eigenvalue weighted by molar-refractivity contribution is 9.10. The molecule has 1 aliphatic carbocycles. The summed E-state index contributed by atoms with van der Waals surface area (Å²) in [5, 5.41) is 0. The Morgan fingerprint density at radius 1 is 1.38 bits per heavy atom. The summed E-state index contributed by atoms with van der Waals surface area (Å²) in [6.45, 7) is 2.23. The van der Waals surface area contributed by atoms with E-state index in [1.54, 1.807) is 0 Å². The average Bonchev–Trinajstić information content (AvgIpc) is 2.49. The minimum absolute atomic E-state index is 1.12. The topological polar surface area (TPSA) is 0 Å². The van der Waals surface area contributed by atoms with Gasteiger partial charge in [-0.05, 0) is 41.7 Å². The molecule has 0 aromatic heterocycles. The molecule has 0 saturated heterocycles. The van der Waals surface area contributed by atoms with Gasteiger partial charge in [-0.2, -0.15) is 0 Å². The second kappa shape index (κ2) is 3.67. The zero-order chi connectivity index (χ0) is 9.26. The molecule has 2 rings (SSSR count). The Morgan fingerprint density at radius 3 is 3.00 bits per heavy atom. The van der Waals surface area contributed by atoms with Crippen molar-refractivity contribution in [3.63, 3.8) is 0 Å². The van der Waals surface area contributed by atoms with Crippen LogP contribution >= 0.6 is 15.9 Å². The van der Waals surface area contributed by atoms with Crippen molar-refractivity contribution < 1.29 is 0 Å². The second-order valence-corrected chi connectivity index (χ2v) is 4.40. The summed E-state index contributed by atoms with van der Waals surface area (Å²) in [7, 11) is 0. The van der Waals surface area contributed by atoms with E-state index >= 15 is 0 Å². The number of rotatable bonds is 2. The first-order chi connectivity index (χ1) is 6.31. The summed E-state index contributed by atoms with van der Waals surface area (Å²) in [5.41, 5.74) is 4.47. The standard InChI is InChI=1S/C12H13Br/c1-2-3-9-4-5-10-8-11(13)6-7-12(9)10/h4,6-8H,2-3,5H2,1H3. The van der Waals surface area contributed by atoms with Gasteiger partial charge in [-0.25, -0.2) is 0 Å². The summed E-state index contributed by atoms with van der Waals surface area (Å²) in [6.07, 6.45) is 5.93. The van der Waals surface area contributed by atoms with Crippen molar-refractivity contribution in [3.8, 4) is 0 Å². The molecule has 0 N–H and O–H groups in total. The van der Waals surface area contributed by atoms with Gasteiger partial charge in [0.15, 0.2) is 0 Å². The van der Waals surface area contributed by atoms with Gasteiger partial charge in [0, 0.05) is 4.47 Å². The fourth-order valence-corrected chi connectivity index (χ4v) is 2.30. The third-order valence-electron chi connectivity index (χ3n) is 2.50. The summed E-state index contributed by atoms with van der Waals surface area (Å²) in [5.74, 6) is 0. The summed E-state index contributed by atoms with van der Waals surface area (Å²) in [6, 6.07) is 6.59. The van der Waals surface area contributed by atoms with Gasteiger partial charge in [0.25, 0.3) is 0 Å². The molecule has 68 valence electrons. The lowest BCUT2D eigenvalue weighted by Crippen LogP contribution is -1.84. The van der Waals surface area contributed by atoms with Crippen LogP contribution in [0.2, 0.25) is 0 Å². The largest absolute Gasteiger partial charge is 0.0763 e. The molecular formula is C12H13Br. The van der Waals surface area contributed by atoms with Crippen LogP contribution in [0.15, 0.2) is 28.7 Å². The minimum Gasteiger partial charge on any atom is -0.0763 e. The second-order valence-electron chi connectivity index (χ2n) is 3.48. The van der Waals surface area contributed by atoms with Crippen LogP contribution in [0, 0.1) is 0 Å². The monoisotopic (exact) mass is 236 g/mol. The van der Waals surface area contributed by atoms with E-state index in [4.69, 9.17) is 0 Å². The predicted octanol–water partition coefficient (Wildman–Crippen LogP) is 4.19. The molecule has 1 aromatic rings. The highest BCUT2D eigenvalue weighted by Crippen LogP contribution is 2.32. The first kappa shape index (κ1) is 9.01. The first-order valence-electron chi connectivity index (χ1n) is 4.79. The lowest BCUT2D eigenvalue weighted by molar-refractivity contribution is 0.975. The first-order valence-corrected chi connectivity index (χ1v) is 5.58. The summed E-state index contributed by atoms with van der Waals surface area (Å²) < 4.78 is 1.19. The van der Waals surface area contributed by atoms with Crippen LogP contribution in [-0.4, -0.2) is 0 Å². The molecule has 0 amide bonds. The minimum atomic E-state index is 1.12. The number of fused-ring (bicyclic) bond motifs is 1. The van der Waals surface area contributed by atoms with Gasteiger partial charge in [-0.3, -0.25) is 0 Å². The number of hydrogen-bond donors (Lipinski definition) is 0. The van der Waals surface area contributed by atoms with E-state index in [0.29, 0.717) is 0 Å². The Balaban J connectivity index is 2.34. The van der Waals surface area contributed by atoms with Crippen molar-refractivity contribution in [2.45, 2.75) is 26.2 Å². The van der Waals surface area contributed by atoms with Crippen molar-refractivity contribution in [3.05, 3.63) is 39.9 Å².